The summed E-state index contributed by atoms with van der Waals surface area (Å²) < 4.78 is 0. The van der Waals surface area contributed by atoms with Gasteiger partial charge in [-0.2, -0.15) is 0 Å². The Balaban J connectivity index is 1.02. The fourth-order valence-electron chi connectivity index (χ4n) is 12.8. The number of rotatable bonds is 11. The number of nitrogens with two attached hydrogens (primary N) is 1. The van der Waals surface area contributed by atoms with Crippen molar-refractivity contribution in [3.05, 3.63) is 181 Å². The van der Waals surface area contributed by atoms with Crippen LogP contribution in [0.25, 0.3) is 142 Å². The summed E-state index contributed by atoms with van der Waals surface area (Å²) in [6.07, 6.45) is 3.04. The van der Waals surface area contributed by atoms with Crippen molar-refractivity contribution in [1.29, 1.82) is 0 Å². The summed E-state index contributed by atoms with van der Waals surface area (Å²) in [7, 11) is 0. The molecular weight excluding hydrogens is 871 g/mol. The lowest BCUT2D eigenvalue weighted by Gasteiger charge is -2.23. The molecule has 0 spiro atoms. The van der Waals surface area contributed by atoms with Gasteiger partial charge in [-0.3, -0.25) is 0 Å². The average Bonchev–Trinajstić information content (AvgIpc) is 3.76. The van der Waals surface area contributed by atoms with E-state index in [0.717, 1.165) is 37.2 Å². The molecule has 2 unspecified atom stereocenters. The quantitative estimate of drug-likeness (QED) is 0.0895. The Morgan fingerprint density at radius 3 is 1.35 bits per heavy atom. The summed E-state index contributed by atoms with van der Waals surface area (Å²) in [5.41, 5.74) is 22.6. The molecule has 0 saturated carbocycles. The minimum atomic E-state index is -0.349. The summed E-state index contributed by atoms with van der Waals surface area (Å²) in [6, 6.07) is 67.9. The molecule has 0 aromatic heterocycles. The third kappa shape index (κ3) is 6.07. The van der Waals surface area contributed by atoms with Gasteiger partial charge in [-0.15, -0.1) is 0 Å². The second-order valence-electron chi connectivity index (χ2n) is 21.0. The van der Waals surface area contributed by atoms with Crippen LogP contribution in [0, 0.1) is 0 Å². The first-order valence-electron chi connectivity index (χ1n) is 26.2. The third-order valence-electron chi connectivity index (χ3n) is 16.8. The van der Waals surface area contributed by atoms with E-state index in [1.54, 1.807) is 0 Å². The Labute approximate surface area is 421 Å². The first kappa shape index (κ1) is 42.9. The fraction of sp³-hybridized carbons (Fsp3) is 0.159. The molecule has 4 N–H and O–H groups in total. The molecule has 0 saturated heterocycles. The van der Waals surface area contributed by atoms with E-state index in [1.165, 1.54) is 147 Å². The SMILES string of the molecule is CCCNc1ccc(-c2c3c(c(-c4ccc(NC(C)CC)cc4)c4ccccc24)-c2ccc4c5ccc6c7cccc8c(-c9ccc(C(C)(N)CC)cc9)ccc(c9ccc(c%10ccc-3c2c4%10)c5c69)c87)cc1. The molecule has 1 aliphatic rings. The van der Waals surface area contributed by atoms with Crippen LogP contribution < -0.4 is 16.4 Å². The van der Waals surface area contributed by atoms with Crippen LogP contribution in [0.3, 0.4) is 0 Å². The summed E-state index contributed by atoms with van der Waals surface area (Å²) in [5, 5.41) is 28.4. The van der Waals surface area contributed by atoms with Crippen LogP contribution in [-0.2, 0) is 5.54 Å². The number of fused-ring (bicyclic) bond motifs is 8. The first-order valence-corrected chi connectivity index (χ1v) is 26.2. The van der Waals surface area contributed by atoms with Crippen molar-refractivity contribution < 1.29 is 0 Å². The van der Waals surface area contributed by atoms with Crippen LogP contribution >= 0.6 is 0 Å². The minimum Gasteiger partial charge on any atom is -0.385 e. The largest absolute Gasteiger partial charge is 0.385 e. The van der Waals surface area contributed by atoms with Crippen molar-refractivity contribution in [1.82, 2.24) is 0 Å². The van der Waals surface area contributed by atoms with Gasteiger partial charge in [0.25, 0.3) is 0 Å². The molecule has 13 aromatic rings. The van der Waals surface area contributed by atoms with Crippen molar-refractivity contribution in [3.8, 4) is 55.6 Å². The van der Waals surface area contributed by atoms with Gasteiger partial charge < -0.3 is 16.4 Å². The number of hydrogen-bond donors (Lipinski definition) is 3. The molecule has 0 aliphatic heterocycles. The smallest absolute Gasteiger partial charge is 0.0378 e. The summed E-state index contributed by atoms with van der Waals surface area (Å²) in [5.74, 6) is 0. The van der Waals surface area contributed by atoms with Gasteiger partial charge in [0.15, 0.2) is 0 Å². The van der Waals surface area contributed by atoms with Gasteiger partial charge in [-0.05, 0) is 205 Å². The van der Waals surface area contributed by atoms with Gasteiger partial charge in [0.2, 0.25) is 0 Å². The molecule has 14 rings (SSSR count). The number of anilines is 2. The summed E-state index contributed by atoms with van der Waals surface area (Å²) in [6.45, 7) is 11.9. The Morgan fingerprint density at radius 1 is 0.403 bits per heavy atom. The molecule has 0 heterocycles. The van der Waals surface area contributed by atoms with Crippen LogP contribution in [0.5, 0.6) is 0 Å². The van der Waals surface area contributed by atoms with Crippen LogP contribution in [0.2, 0.25) is 0 Å². The maximum absolute atomic E-state index is 6.68. The van der Waals surface area contributed by atoms with Crippen LogP contribution in [-0.4, -0.2) is 12.6 Å². The second kappa shape index (κ2) is 16.0. The zero-order valence-electron chi connectivity index (χ0n) is 41.7. The average molecular weight is 928 g/mol. The van der Waals surface area contributed by atoms with Gasteiger partial charge in [-0.25, -0.2) is 0 Å². The molecule has 3 heteroatoms. The zero-order valence-corrected chi connectivity index (χ0v) is 41.7. The van der Waals surface area contributed by atoms with Gasteiger partial charge >= 0.3 is 0 Å². The van der Waals surface area contributed by atoms with E-state index in [1.807, 2.05) is 0 Å². The lowest BCUT2D eigenvalue weighted by atomic mass is 9.82. The Hall–Kier alpha value is -7.98. The zero-order chi connectivity index (χ0) is 48.6. The fourth-order valence-corrected chi connectivity index (χ4v) is 12.8. The van der Waals surface area contributed by atoms with E-state index in [-0.39, 0.29) is 5.54 Å². The van der Waals surface area contributed by atoms with E-state index in [0.29, 0.717) is 6.04 Å². The number of hydrogen-bond acceptors (Lipinski definition) is 3. The normalized spacial score (nSPS) is 13.7. The van der Waals surface area contributed by atoms with Crippen molar-refractivity contribution in [2.45, 2.75) is 65.5 Å². The van der Waals surface area contributed by atoms with Gasteiger partial charge in [0.1, 0.15) is 0 Å². The maximum Gasteiger partial charge on any atom is 0.0378 e. The summed E-state index contributed by atoms with van der Waals surface area (Å²) >= 11 is 0. The van der Waals surface area contributed by atoms with E-state index in [9.17, 15) is 0 Å². The molecule has 0 radical (unpaired) electrons. The Morgan fingerprint density at radius 2 is 0.833 bits per heavy atom. The van der Waals surface area contributed by atoms with Gasteiger partial charge in [0, 0.05) is 29.5 Å². The van der Waals surface area contributed by atoms with Crippen molar-refractivity contribution in [2.75, 3.05) is 17.2 Å². The molecule has 348 valence electrons. The van der Waals surface area contributed by atoms with Crippen LogP contribution in [0.1, 0.15) is 59.4 Å². The van der Waals surface area contributed by atoms with E-state index < -0.39 is 0 Å². The third-order valence-corrected chi connectivity index (χ3v) is 16.8. The molecule has 13 aromatic carbocycles. The van der Waals surface area contributed by atoms with Gasteiger partial charge in [0.05, 0.1) is 0 Å². The molecule has 3 nitrogen and oxygen atoms in total. The van der Waals surface area contributed by atoms with E-state index >= 15 is 0 Å². The van der Waals surface area contributed by atoms with Crippen molar-refractivity contribution >= 4 is 97.6 Å². The standard InChI is InChI=1S/C69H57N3/c1-6-38-71-44-24-18-41(19-25-44)60-48-12-9-10-13-49(48)61(42-20-26-45(27-21-42)72-39(4)7-2)68-59-37-34-56-54-32-30-52-50-15-11-14-47-46(40-16-22-43(23-17-40)69(5,70)8-3)28-29-51(62(47)50)53-31-33-55(64(54)63(52)53)57-35-36-58(67(60)68)66(59)65(56)57/h9-37,39,71-72H,6-8,38,70H2,1-5H3. The lowest BCUT2D eigenvalue weighted by molar-refractivity contribution is 0.476. The second-order valence-corrected chi connectivity index (χ2v) is 21.0. The van der Waals surface area contributed by atoms with Crippen molar-refractivity contribution in [3.63, 3.8) is 0 Å². The molecule has 2 atom stereocenters. The molecule has 0 amide bonds. The minimum absolute atomic E-state index is 0.349. The Bertz CT molecular complexity index is 4240. The van der Waals surface area contributed by atoms with Crippen LogP contribution in [0.15, 0.2) is 176 Å². The highest BCUT2D eigenvalue weighted by Crippen LogP contribution is 2.60. The molecule has 0 bridgehead atoms. The van der Waals surface area contributed by atoms with E-state index in [4.69, 9.17) is 5.73 Å². The monoisotopic (exact) mass is 927 g/mol. The molecular formula is C69H57N3. The lowest BCUT2D eigenvalue weighted by Crippen LogP contribution is -2.31. The van der Waals surface area contributed by atoms with E-state index in [2.05, 4.69) is 221 Å². The number of nitrogens with one attached hydrogen (secondary N) is 2. The topological polar surface area (TPSA) is 50.1 Å². The molecule has 1 aliphatic carbocycles. The molecule has 0 fully saturated rings. The predicted octanol–water partition coefficient (Wildman–Crippen LogP) is 19.1. The predicted molar refractivity (Wildman–Crippen MR) is 314 cm³/mol. The van der Waals surface area contributed by atoms with Crippen molar-refractivity contribution in [2.24, 2.45) is 5.73 Å². The Kier molecular flexibility index (Phi) is 9.54. The highest BCUT2D eigenvalue weighted by molar-refractivity contribution is 6.44. The molecule has 72 heavy (non-hydrogen) atoms. The highest BCUT2D eigenvalue weighted by Gasteiger charge is 2.33. The number of benzene rings is 13. The maximum atomic E-state index is 6.68. The van der Waals surface area contributed by atoms with Crippen LogP contribution in [0.4, 0.5) is 11.4 Å². The highest BCUT2D eigenvalue weighted by atomic mass is 14.9. The van der Waals surface area contributed by atoms with Gasteiger partial charge in [-0.1, -0.05) is 172 Å². The summed E-state index contributed by atoms with van der Waals surface area (Å²) in [4.78, 5) is 0. The first-order chi connectivity index (χ1) is 35.3.